The van der Waals surface area contributed by atoms with Gasteiger partial charge >= 0.3 is 5.97 Å². The molecule has 4 aliphatic rings. The lowest BCUT2D eigenvalue weighted by Crippen LogP contribution is -2.48. The van der Waals surface area contributed by atoms with E-state index in [2.05, 4.69) is 23.2 Å². The Balaban J connectivity index is 1.35. The number of rotatable bonds is 9. The highest BCUT2D eigenvalue weighted by atomic mass is 32.2. The molecule has 0 spiro atoms. The first-order chi connectivity index (χ1) is 25.9. The van der Waals surface area contributed by atoms with Gasteiger partial charge in [-0.25, -0.2) is 13.4 Å². The van der Waals surface area contributed by atoms with E-state index in [-0.39, 0.29) is 55.3 Å². The Morgan fingerprint density at radius 2 is 1.82 bits per heavy atom. The normalized spacial score (nSPS) is 30.2. The van der Waals surface area contributed by atoms with Gasteiger partial charge in [0.15, 0.2) is 11.5 Å². The van der Waals surface area contributed by atoms with Crippen LogP contribution >= 0.6 is 0 Å². The number of Topliss-reactive ketones (excluding diaryl/α,β-unsaturated/α-hetero) is 1. The smallest absolute Gasteiger partial charge is 0.307 e. The van der Waals surface area contributed by atoms with E-state index in [1.807, 2.05) is 43.3 Å². The molecule has 298 valence electrons. The first kappa shape index (κ1) is 40.4. The first-order valence-electron chi connectivity index (χ1n) is 19.5. The second-order valence-electron chi connectivity index (χ2n) is 17.5. The van der Waals surface area contributed by atoms with E-state index in [9.17, 15) is 27.6 Å². The van der Waals surface area contributed by atoms with Crippen LogP contribution in [0.1, 0.15) is 99.3 Å². The summed E-state index contributed by atoms with van der Waals surface area (Å²) in [5, 5.41) is 1.41. The van der Waals surface area contributed by atoms with Crippen molar-refractivity contribution in [1.29, 1.82) is 0 Å². The highest BCUT2D eigenvalue weighted by molar-refractivity contribution is 7.91. The third kappa shape index (κ3) is 8.76. The summed E-state index contributed by atoms with van der Waals surface area (Å²) >= 11 is 0. The maximum Gasteiger partial charge on any atom is 0.307 e. The minimum Gasteiger partial charge on any atom is -0.472 e. The van der Waals surface area contributed by atoms with Gasteiger partial charge in [0.2, 0.25) is 27.7 Å². The zero-order valence-corrected chi connectivity index (χ0v) is 33.7. The van der Waals surface area contributed by atoms with Crippen LogP contribution < -0.4 is 14.2 Å². The van der Waals surface area contributed by atoms with Crippen molar-refractivity contribution in [1.82, 2.24) is 14.6 Å². The zero-order valence-electron chi connectivity index (χ0n) is 32.8. The van der Waals surface area contributed by atoms with Crippen LogP contribution in [-0.2, 0) is 33.9 Å². The number of allylic oxidation sites excluding steroid dienone is 2. The molecule has 1 N–H and O–H groups in total. The number of hydrogen-bond acceptors (Lipinski definition) is 10. The highest BCUT2D eigenvalue weighted by Crippen LogP contribution is 2.57. The molecule has 6 rings (SSSR count). The minimum absolute atomic E-state index is 0.0402. The van der Waals surface area contributed by atoms with Crippen molar-refractivity contribution >= 4 is 44.4 Å². The quantitative estimate of drug-likeness (QED) is 0.171. The number of carbonyl (C=O) groups excluding carboxylic acids is 4. The van der Waals surface area contributed by atoms with Crippen LogP contribution in [0, 0.1) is 29.1 Å². The molecule has 1 aromatic carbocycles. The van der Waals surface area contributed by atoms with Gasteiger partial charge in [0, 0.05) is 23.6 Å². The van der Waals surface area contributed by atoms with E-state index < -0.39 is 55.7 Å². The molecule has 0 unspecified atom stereocenters. The van der Waals surface area contributed by atoms with Crippen LogP contribution in [0.2, 0.25) is 0 Å². The van der Waals surface area contributed by atoms with E-state index in [1.54, 1.807) is 27.7 Å². The molecule has 2 aliphatic heterocycles. The summed E-state index contributed by atoms with van der Waals surface area (Å²) < 4.78 is 45.5. The summed E-state index contributed by atoms with van der Waals surface area (Å²) in [6.07, 6.45) is 9.27. The number of amides is 2. The van der Waals surface area contributed by atoms with Crippen molar-refractivity contribution in [3.8, 4) is 11.6 Å². The summed E-state index contributed by atoms with van der Waals surface area (Å²) in [6.45, 7) is 14.7. The number of esters is 1. The number of nitrogens with one attached hydrogen (secondary N) is 1. The van der Waals surface area contributed by atoms with Crippen molar-refractivity contribution in [3.05, 3.63) is 55.5 Å². The molecule has 12 nitrogen and oxygen atoms in total. The fraction of sp³-hybridized carbons (Fsp3) is 0.595. The fourth-order valence-electron chi connectivity index (χ4n) is 8.22. The lowest BCUT2D eigenvalue weighted by Gasteiger charge is -2.32. The number of hydrogen-bond donors (Lipinski definition) is 1. The number of ether oxygens (including phenoxy) is 3. The summed E-state index contributed by atoms with van der Waals surface area (Å²) in [4.78, 5) is 62.8. The number of nitrogens with zero attached hydrogens (tertiary/aromatic N) is 2. The van der Waals surface area contributed by atoms with Crippen LogP contribution in [0.4, 0.5) is 0 Å². The Bertz CT molecular complexity index is 1980. The van der Waals surface area contributed by atoms with Gasteiger partial charge < -0.3 is 19.1 Å². The van der Waals surface area contributed by atoms with Gasteiger partial charge in [0.25, 0.3) is 0 Å². The third-order valence-corrected chi connectivity index (χ3v) is 14.0. The Morgan fingerprint density at radius 3 is 2.49 bits per heavy atom. The molecular formula is C42H55N3O9S. The predicted octanol–water partition coefficient (Wildman–Crippen LogP) is 6.43. The number of ketones is 1. The Hall–Kier alpha value is -4.26. The molecule has 55 heavy (non-hydrogen) atoms. The van der Waals surface area contributed by atoms with Crippen molar-refractivity contribution in [3.63, 3.8) is 0 Å². The molecule has 2 saturated carbocycles. The molecule has 1 saturated heterocycles. The molecule has 0 bridgehead atoms. The van der Waals surface area contributed by atoms with Gasteiger partial charge in [0.1, 0.15) is 11.7 Å². The standard InChI is InChI=1S/C42H55N3O9S/c1-8-52-35-24-43-37(31-16-12-11-15-30(31)35)53-29-20-33-34(46)23-42(39(49)44-55(50,51)41(7)17-18-41)22-28(42)14-10-9-13-26(2)19-27(3)32(38(48)45(33)25-29)21-36(47)54-40(4,5)6/h8,10-12,14-16,24,26-29,32-33H,1,9,13,17-23,25H2,2-7H3,(H,44,49)/b14-10-/t26-,27-,28-,29-,32+,33+,42-/m1/s1. The predicted molar refractivity (Wildman–Crippen MR) is 207 cm³/mol. The van der Waals surface area contributed by atoms with Gasteiger partial charge in [-0.3, -0.25) is 23.9 Å². The maximum absolute atomic E-state index is 14.9. The molecule has 1 aromatic heterocycles. The summed E-state index contributed by atoms with van der Waals surface area (Å²) in [7, 11) is -3.95. The van der Waals surface area contributed by atoms with Gasteiger partial charge in [-0.1, -0.05) is 50.8 Å². The average Bonchev–Trinajstić information content (AvgIpc) is 3.99. The summed E-state index contributed by atoms with van der Waals surface area (Å²) in [5.41, 5.74) is -2.02. The van der Waals surface area contributed by atoms with Gasteiger partial charge in [-0.2, -0.15) is 0 Å². The van der Waals surface area contributed by atoms with Crippen LogP contribution in [0.15, 0.2) is 55.5 Å². The van der Waals surface area contributed by atoms with Gasteiger partial charge in [-0.05, 0) is 90.0 Å². The molecule has 2 aliphatic carbocycles. The van der Waals surface area contributed by atoms with E-state index in [4.69, 9.17) is 14.2 Å². The second kappa shape index (κ2) is 15.3. The molecule has 2 amide bonds. The van der Waals surface area contributed by atoms with Crippen molar-refractivity contribution in [2.75, 3.05) is 6.54 Å². The zero-order chi connectivity index (χ0) is 39.9. The summed E-state index contributed by atoms with van der Waals surface area (Å²) in [6, 6.07) is 6.43. The van der Waals surface area contributed by atoms with Crippen LogP contribution in [0.25, 0.3) is 10.8 Å². The molecule has 7 atom stereocenters. The topological polar surface area (TPSA) is 158 Å². The minimum atomic E-state index is -3.95. The number of aromatic nitrogens is 1. The Morgan fingerprint density at radius 1 is 1.11 bits per heavy atom. The number of sulfonamides is 1. The summed E-state index contributed by atoms with van der Waals surface area (Å²) in [5.74, 6) is -2.24. The van der Waals surface area contributed by atoms with Crippen LogP contribution in [-0.4, -0.2) is 70.9 Å². The van der Waals surface area contributed by atoms with E-state index in [1.165, 1.54) is 17.4 Å². The van der Waals surface area contributed by atoms with Gasteiger partial charge in [-0.15, -0.1) is 0 Å². The van der Waals surface area contributed by atoms with Crippen molar-refractivity contribution in [2.45, 2.75) is 122 Å². The lowest BCUT2D eigenvalue weighted by molar-refractivity contribution is -0.160. The van der Waals surface area contributed by atoms with E-state index in [0.29, 0.717) is 49.1 Å². The monoisotopic (exact) mass is 777 g/mol. The van der Waals surface area contributed by atoms with Crippen LogP contribution in [0.3, 0.4) is 0 Å². The van der Waals surface area contributed by atoms with Crippen molar-refractivity contribution in [2.24, 2.45) is 29.1 Å². The maximum atomic E-state index is 14.9. The fourth-order valence-corrected chi connectivity index (χ4v) is 9.56. The SMILES string of the molecule is C=COc1cnc(O[C@@H]2C[C@H]3C(=O)C[C@]4(C(=O)NS(=O)(=O)C5(C)CC5)C[C@H]4/C=C\CC[C@@H](C)C[C@@H](C)[C@H](CC(=O)OC(C)(C)C)C(=O)N3C2)c2ccccc12. The third-order valence-electron chi connectivity index (χ3n) is 11.8. The second-order valence-corrected chi connectivity index (χ2v) is 19.7. The number of fused-ring (bicyclic) bond motifs is 3. The van der Waals surface area contributed by atoms with Crippen molar-refractivity contribution < 1.29 is 41.8 Å². The van der Waals surface area contributed by atoms with E-state index >= 15 is 0 Å². The molecular weight excluding hydrogens is 723 g/mol. The molecule has 3 heterocycles. The molecule has 3 fully saturated rings. The Labute approximate surface area is 324 Å². The van der Waals surface area contributed by atoms with Gasteiger partial charge in [0.05, 0.1) is 47.5 Å². The van der Waals surface area contributed by atoms with E-state index in [0.717, 1.165) is 11.8 Å². The molecule has 2 aromatic rings. The van der Waals surface area contributed by atoms with Crippen LogP contribution in [0.5, 0.6) is 11.6 Å². The number of benzene rings is 1. The highest BCUT2D eigenvalue weighted by Gasteiger charge is 2.62. The molecule has 13 heteroatoms. The number of pyridine rings is 1. The Kier molecular flexibility index (Phi) is 11.3. The number of carbonyl (C=O) groups is 4. The lowest BCUT2D eigenvalue weighted by atomic mass is 9.82. The largest absolute Gasteiger partial charge is 0.472 e. The molecule has 0 radical (unpaired) electrons. The average molecular weight is 778 g/mol. The first-order valence-corrected chi connectivity index (χ1v) is 20.9.